The van der Waals surface area contributed by atoms with Gasteiger partial charge in [0.05, 0.1) is 16.8 Å². The molecule has 0 spiro atoms. The van der Waals surface area contributed by atoms with Crippen molar-refractivity contribution in [1.29, 1.82) is 10.5 Å². The fraction of sp³-hybridized carbons (Fsp3) is 0.235. The molecule has 1 aromatic heterocycles. The van der Waals surface area contributed by atoms with E-state index in [1.54, 1.807) is 6.07 Å². The number of aryl methyl sites for hydroxylation is 2. The largest absolute Gasteiger partial charge is 0.327 e. The Morgan fingerprint density at radius 2 is 1.86 bits per heavy atom. The molecule has 0 aliphatic heterocycles. The highest BCUT2D eigenvalue weighted by atomic mass is 15.2. The first-order valence-electron chi connectivity index (χ1n) is 6.90. The Balaban J connectivity index is 2.12. The van der Waals surface area contributed by atoms with Crippen LogP contribution in [-0.4, -0.2) is 12.0 Å². The molecule has 1 heterocycles. The normalized spacial score (nSPS) is 12.3. The van der Waals surface area contributed by atoms with Crippen LogP contribution in [-0.2, 0) is 12.8 Å². The Labute approximate surface area is 123 Å². The molecule has 4 heteroatoms. The molecule has 0 N–H and O–H groups in total. The lowest BCUT2D eigenvalue weighted by Gasteiger charge is -2.21. The molecule has 102 valence electrons. The van der Waals surface area contributed by atoms with Crippen molar-refractivity contribution >= 4 is 11.5 Å². The van der Waals surface area contributed by atoms with Gasteiger partial charge in [0, 0.05) is 12.7 Å². The second-order valence-electron chi connectivity index (χ2n) is 5.12. The summed E-state index contributed by atoms with van der Waals surface area (Å²) in [5.41, 5.74) is 4.15. The Hall–Kier alpha value is -2.85. The minimum absolute atomic E-state index is 0.561. The first-order valence-corrected chi connectivity index (χ1v) is 6.90. The zero-order chi connectivity index (χ0) is 14.8. The average Bonchev–Trinajstić information content (AvgIpc) is 3.00. The second kappa shape index (κ2) is 5.26. The maximum Gasteiger partial charge on any atom is 0.151 e. The maximum atomic E-state index is 9.39. The SMILES string of the molecule is CN(c1ccccc1C#N)c1nc2c(cc1C#N)CCC2. The second-order valence-corrected chi connectivity index (χ2v) is 5.12. The number of benzene rings is 1. The topological polar surface area (TPSA) is 63.7 Å². The van der Waals surface area contributed by atoms with E-state index in [4.69, 9.17) is 0 Å². The molecule has 21 heavy (non-hydrogen) atoms. The molecule has 3 rings (SSSR count). The van der Waals surface area contributed by atoms with Gasteiger partial charge < -0.3 is 4.90 Å². The summed E-state index contributed by atoms with van der Waals surface area (Å²) in [4.78, 5) is 6.50. The maximum absolute atomic E-state index is 9.39. The van der Waals surface area contributed by atoms with Crippen molar-refractivity contribution in [3.63, 3.8) is 0 Å². The summed E-state index contributed by atoms with van der Waals surface area (Å²) in [6.45, 7) is 0. The summed E-state index contributed by atoms with van der Waals surface area (Å²) in [5, 5.41) is 18.6. The van der Waals surface area contributed by atoms with Crippen molar-refractivity contribution in [3.05, 3.63) is 52.7 Å². The van der Waals surface area contributed by atoms with Crippen LogP contribution in [0.2, 0.25) is 0 Å². The van der Waals surface area contributed by atoms with E-state index in [2.05, 4.69) is 17.1 Å². The van der Waals surface area contributed by atoms with Crippen LogP contribution in [0.5, 0.6) is 0 Å². The lowest BCUT2D eigenvalue weighted by atomic mass is 10.1. The summed E-state index contributed by atoms with van der Waals surface area (Å²) < 4.78 is 0. The zero-order valence-electron chi connectivity index (χ0n) is 11.8. The van der Waals surface area contributed by atoms with Gasteiger partial charge in [-0.25, -0.2) is 4.98 Å². The van der Waals surface area contributed by atoms with Crippen LogP contribution in [0, 0.1) is 22.7 Å². The molecule has 1 aliphatic rings. The lowest BCUT2D eigenvalue weighted by Crippen LogP contribution is -2.15. The molecule has 2 aromatic rings. The van der Waals surface area contributed by atoms with E-state index in [1.807, 2.05) is 36.2 Å². The fourth-order valence-corrected chi connectivity index (χ4v) is 2.77. The quantitative estimate of drug-likeness (QED) is 0.844. The number of rotatable bonds is 2. The molecule has 0 atom stereocenters. The zero-order valence-corrected chi connectivity index (χ0v) is 11.8. The number of anilines is 2. The number of nitrogens with zero attached hydrogens (tertiary/aromatic N) is 4. The highest BCUT2D eigenvalue weighted by Gasteiger charge is 2.20. The van der Waals surface area contributed by atoms with Gasteiger partial charge in [0.1, 0.15) is 12.1 Å². The predicted octanol–water partition coefficient (Wildman–Crippen LogP) is 3.08. The number of hydrogen-bond acceptors (Lipinski definition) is 4. The molecule has 1 aliphatic carbocycles. The van der Waals surface area contributed by atoms with Gasteiger partial charge in [-0.2, -0.15) is 10.5 Å². The van der Waals surface area contributed by atoms with E-state index in [0.29, 0.717) is 16.9 Å². The Morgan fingerprint density at radius 3 is 2.62 bits per heavy atom. The predicted molar refractivity (Wildman–Crippen MR) is 80.2 cm³/mol. The minimum atomic E-state index is 0.561. The van der Waals surface area contributed by atoms with Gasteiger partial charge in [-0.1, -0.05) is 12.1 Å². The molecule has 0 unspecified atom stereocenters. The number of fused-ring (bicyclic) bond motifs is 1. The van der Waals surface area contributed by atoms with Crippen molar-refractivity contribution in [2.75, 3.05) is 11.9 Å². The Morgan fingerprint density at radius 1 is 1.10 bits per heavy atom. The highest BCUT2D eigenvalue weighted by molar-refractivity contribution is 5.70. The summed E-state index contributed by atoms with van der Waals surface area (Å²) in [6, 6.07) is 13.7. The summed E-state index contributed by atoms with van der Waals surface area (Å²) in [6.07, 6.45) is 3.05. The van der Waals surface area contributed by atoms with Gasteiger partial charge in [-0.3, -0.25) is 0 Å². The Kier molecular flexibility index (Phi) is 3.30. The fourth-order valence-electron chi connectivity index (χ4n) is 2.77. The van der Waals surface area contributed by atoms with E-state index in [9.17, 15) is 10.5 Å². The molecule has 0 amide bonds. The van der Waals surface area contributed by atoms with Gasteiger partial charge in [-0.15, -0.1) is 0 Å². The number of para-hydroxylation sites is 1. The molecular weight excluding hydrogens is 260 g/mol. The monoisotopic (exact) mass is 274 g/mol. The van der Waals surface area contributed by atoms with Crippen molar-refractivity contribution in [3.8, 4) is 12.1 Å². The van der Waals surface area contributed by atoms with Crippen LogP contribution in [0.1, 0.15) is 28.8 Å². The van der Waals surface area contributed by atoms with Gasteiger partial charge in [0.25, 0.3) is 0 Å². The van der Waals surface area contributed by atoms with Gasteiger partial charge >= 0.3 is 0 Å². The third-order valence-electron chi connectivity index (χ3n) is 3.85. The van der Waals surface area contributed by atoms with E-state index in [1.165, 1.54) is 5.56 Å². The van der Waals surface area contributed by atoms with Gasteiger partial charge in [0.2, 0.25) is 0 Å². The van der Waals surface area contributed by atoms with Crippen molar-refractivity contribution in [2.45, 2.75) is 19.3 Å². The van der Waals surface area contributed by atoms with E-state index < -0.39 is 0 Å². The smallest absolute Gasteiger partial charge is 0.151 e. The average molecular weight is 274 g/mol. The first kappa shape index (κ1) is 13.1. The summed E-state index contributed by atoms with van der Waals surface area (Å²) >= 11 is 0. The number of pyridine rings is 1. The highest BCUT2D eigenvalue weighted by Crippen LogP contribution is 2.31. The minimum Gasteiger partial charge on any atom is -0.327 e. The molecule has 1 aromatic carbocycles. The standard InChI is InChI=1S/C17H14N4/c1-21(16-8-3-2-5-13(16)10-18)17-14(11-19)9-12-6-4-7-15(12)20-17/h2-3,5,8-9H,4,6-7H2,1H3. The third-order valence-corrected chi connectivity index (χ3v) is 3.85. The Bertz CT molecular complexity index is 780. The van der Waals surface area contributed by atoms with Crippen LogP contribution < -0.4 is 4.90 Å². The first-order chi connectivity index (χ1) is 10.2. The van der Waals surface area contributed by atoms with E-state index >= 15 is 0 Å². The molecule has 0 bridgehead atoms. The van der Waals surface area contributed by atoms with E-state index in [0.717, 1.165) is 30.6 Å². The lowest BCUT2D eigenvalue weighted by molar-refractivity contribution is 0.898. The van der Waals surface area contributed by atoms with Crippen LogP contribution >= 0.6 is 0 Å². The molecule has 0 fully saturated rings. The number of aromatic nitrogens is 1. The number of nitriles is 2. The molecule has 0 saturated carbocycles. The van der Waals surface area contributed by atoms with Gasteiger partial charge in [-0.05, 0) is 43.0 Å². The van der Waals surface area contributed by atoms with Crippen LogP contribution in [0.3, 0.4) is 0 Å². The molecule has 0 radical (unpaired) electrons. The van der Waals surface area contributed by atoms with E-state index in [-0.39, 0.29) is 0 Å². The number of hydrogen-bond donors (Lipinski definition) is 0. The summed E-state index contributed by atoms with van der Waals surface area (Å²) in [5.74, 6) is 0.626. The van der Waals surface area contributed by atoms with Crippen LogP contribution in [0.25, 0.3) is 0 Å². The van der Waals surface area contributed by atoms with Crippen molar-refractivity contribution < 1.29 is 0 Å². The van der Waals surface area contributed by atoms with Gasteiger partial charge in [0.15, 0.2) is 5.82 Å². The third kappa shape index (κ3) is 2.22. The van der Waals surface area contributed by atoms with Crippen LogP contribution in [0.15, 0.2) is 30.3 Å². The molecule has 0 saturated heterocycles. The van der Waals surface area contributed by atoms with Crippen molar-refractivity contribution in [1.82, 2.24) is 4.98 Å². The van der Waals surface area contributed by atoms with Crippen LogP contribution in [0.4, 0.5) is 11.5 Å². The molecular formula is C17H14N4. The van der Waals surface area contributed by atoms with Crippen molar-refractivity contribution in [2.24, 2.45) is 0 Å². The molecule has 4 nitrogen and oxygen atoms in total. The summed E-state index contributed by atoms with van der Waals surface area (Å²) in [7, 11) is 1.85.